The van der Waals surface area contributed by atoms with Crippen molar-refractivity contribution >= 4 is 58.6 Å². The van der Waals surface area contributed by atoms with Crippen LogP contribution in [0.15, 0.2) is 36.5 Å². The monoisotopic (exact) mass is 1030 g/mol. The third kappa shape index (κ3) is 75.7. The highest BCUT2D eigenvalue weighted by atomic mass is 32.2. The lowest BCUT2D eigenvalue weighted by Crippen LogP contribution is -2.45. The predicted octanol–water partition coefficient (Wildman–Crippen LogP) is 1.76. The van der Waals surface area contributed by atoms with Crippen molar-refractivity contribution in [3.63, 3.8) is 0 Å². The predicted molar refractivity (Wildman–Crippen MR) is 251 cm³/mol. The second kappa shape index (κ2) is 42.4. The van der Waals surface area contributed by atoms with Crippen molar-refractivity contribution in [2.45, 2.75) is 67.2 Å². The van der Waals surface area contributed by atoms with Crippen LogP contribution in [0.1, 0.15) is 67.2 Å². The Morgan fingerprint density at radius 2 is 0.800 bits per heavy atom. The van der Waals surface area contributed by atoms with Crippen LogP contribution in [0.2, 0.25) is 0 Å². The van der Waals surface area contributed by atoms with Gasteiger partial charge in [0.1, 0.15) is 0 Å². The second-order valence-corrected chi connectivity index (χ2v) is 21.2. The standard InChI is InChI=1S/C6H15NO3S.3C6H10O2.C5H13NO4S.C5H13NO3S.C4H11NO3S/c1-7(2)5-3-4-6-11(8,9)10;3*1-4-8-6(7)5(2)3;1-6(2,4-3-5-7)11(8,9)10;1-6(2)4-3-5-10(7,8)9;1-5(2)3-4-9(6,7)8/h3-6H2,1-2H3,(H,8,9,10);3*2,4H2,1,3H3;7H,3-5H2,1-2H3;3-5H2,1-2H3,(H,7,8,9);3-4H2,1-2H3,(H,6,7,8). The van der Waals surface area contributed by atoms with Crippen LogP contribution in [0, 0.1) is 0 Å². The first kappa shape index (κ1) is 76.3. The average Bonchev–Trinajstić information content (AvgIpc) is 3.11. The normalized spacial score (nSPS) is 11.0. The lowest BCUT2D eigenvalue weighted by atomic mass is 10.3. The molecule has 392 valence electrons. The number of hydrogen-bond donors (Lipinski definition) is 4. The first-order valence-electron chi connectivity index (χ1n) is 19.8. The molecule has 0 heterocycles. The van der Waals surface area contributed by atoms with Crippen LogP contribution < -0.4 is 0 Å². The number of carbonyl (C=O) groups excluding carboxylic acids is 3. The van der Waals surface area contributed by atoms with Gasteiger partial charge >= 0.3 is 17.9 Å². The molecule has 0 aliphatic carbocycles. The van der Waals surface area contributed by atoms with Gasteiger partial charge in [-0.15, -0.1) is 0 Å². The highest BCUT2D eigenvalue weighted by Gasteiger charge is 2.22. The third-order valence-corrected chi connectivity index (χ3v) is 10.1. The van der Waals surface area contributed by atoms with Crippen molar-refractivity contribution in [3.8, 4) is 0 Å². The number of aliphatic hydroxyl groups excluding tert-OH is 1. The van der Waals surface area contributed by atoms with E-state index in [-0.39, 0.29) is 48.3 Å². The molecule has 0 bridgehead atoms. The average molecular weight is 1030 g/mol. The van der Waals surface area contributed by atoms with E-state index < -0.39 is 44.5 Å². The summed E-state index contributed by atoms with van der Waals surface area (Å²) in [6.07, 6.45) is 2.12. The summed E-state index contributed by atoms with van der Waals surface area (Å²) in [4.78, 5) is 36.8. The van der Waals surface area contributed by atoms with E-state index in [1.807, 2.05) is 38.0 Å². The van der Waals surface area contributed by atoms with Crippen molar-refractivity contribution in [2.75, 3.05) is 126 Å². The number of esters is 3. The van der Waals surface area contributed by atoms with E-state index in [0.717, 1.165) is 13.0 Å². The molecule has 0 spiro atoms. The minimum absolute atomic E-state index is 0.1000. The zero-order valence-corrected chi connectivity index (χ0v) is 44.3. The van der Waals surface area contributed by atoms with Gasteiger partial charge in [0.2, 0.25) is 0 Å². The molecule has 0 fully saturated rings. The molecule has 27 heteroatoms. The number of nitrogens with zero attached hydrogens (tertiary/aromatic N) is 4. The summed E-state index contributed by atoms with van der Waals surface area (Å²) >= 11 is 0. The quantitative estimate of drug-likeness (QED) is 0.0300. The molecule has 23 nitrogen and oxygen atoms in total. The molecule has 0 aromatic rings. The maximum Gasteiger partial charge on any atom is 0.333 e. The summed E-state index contributed by atoms with van der Waals surface area (Å²) < 4.78 is 130. The summed E-state index contributed by atoms with van der Waals surface area (Å²) in [5.74, 6) is -1.40. The number of quaternary nitrogens is 1. The Hall–Kier alpha value is -2.93. The number of ether oxygens (including phenoxy) is 3. The van der Waals surface area contributed by atoms with Crippen LogP contribution in [0.3, 0.4) is 0 Å². The van der Waals surface area contributed by atoms with Crippen LogP contribution in [0.25, 0.3) is 0 Å². The van der Waals surface area contributed by atoms with Crippen molar-refractivity contribution < 1.29 is 89.5 Å². The molecule has 0 unspecified atom stereocenters. The Kier molecular flexibility index (Phi) is 49.8. The number of hydrogen-bond acceptors (Lipinski definition) is 19. The van der Waals surface area contributed by atoms with Gasteiger partial charge in [0, 0.05) is 36.3 Å². The first-order valence-corrected chi connectivity index (χ1v) is 26.0. The van der Waals surface area contributed by atoms with Crippen LogP contribution in [-0.2, 0) is 69.3 Å². The lowest BCUT2D eigenvalue weighted by Gasteiger charge is -2.30. The van der Waals surface area contributed by atoms with E-state index in [9.17, 15) is 52.6 Å². The minimum Gasteiger partial charge on any atom is -0.702 e. The van der Waals surface area contributed by atoms with E-state index in [1.165, 1.54) is 14.1 Å². The zero-order valence-electron chi connectivity index (χ0n) is 41.1. The van der Waals surface area contributed by atoms with Crippen LogP contribution in [0.5, 0.6) is 0 Å². The molecule has 0 atom stereocenters. The molecule has 0 radical (unpaired) electrons. The van der Waals surface area contributed by atoms with Gasteiger partial charge < -0.3 is 38.6 Å². The van der Waals surface area contributed by atoms with Gasteiger partial charge in [-0.05, 0) is 116 Å². The van der Waals surface area contributed by atoms with Crippen molar-refractivity contribution in [1.82, 2.24) is 14.7 Å². The molecular formula is C38H82N4O19S4. The Morgan fingerprint density at radius 3 is 0.985 bits per heavy atom. The third-order valence-electron chi connectivity index (χ3n) is 6.39. The SMILES string of the molecule is C=C(C)C(=O)OCC.C=C(C)C(=O)OCC.C=C(C)C(=O)OCC.CN(C)CCCCS(=O)(=O)O.CN(C)CCCS(=O)(=O)O.CN(C)CCS(=O)(=O)O.C[N+](C)(CCCO)S(=O)(=O)[O-]. The number of aliphatic hydroxyl groups is 1. The van der Waals surface area contributed by atoms with E-state index in [1.54, 1.807) is 60.5 Å². The van der Waals surface area contributed by atoms with Crippen molar-refractivity contribution in [2.24, 2.45) is 0 Å². The highest BCUT2D eigenvalue weighted by Crippen LogP contribution is 2.05. The van der Waals surface area contributed by atoms with Gasteiger partial charge in [0.05, 0.1) is 57.7 Å². The Bertz CT molecular complexity index is 1700. The summed E-state index contributed by atoms with van der Waals surface area (Å²) in [5, 5.41) is 8.39. The summed E-state index contributed by atoms with van der Waals surface area (Å²) in [5.41, 5.74) is 1.35. The summed E-state index contributed by atoms with van der Waals surface area (Å²) in [6.45, 7) is 23.6. The molecule has 0 saturated carbocycles. The zero-order chi connectivity index (χ0) is 53.4. The molecular weight excluding hydrogens is 945 g/mol. The molecule has 0 amide bonds. The molecule has 0 aliphatic heterocycles. The highest BCUT2D eigenvalue weighted by molar-refractivity contribution is 7.86. The van der Waals surface area contributed by atoms with Crippen molar-refractivity contribution in [3.05, 3.63) is 36.5 Å². The maximum absolute atomic E-state index is 10.5. The molecule has 65 heavy (non-hydrogen) atoms. The number of rotatable bonds is 22. The molecule has 0 aromatic heterocycles. The molecule has 0 rings (SSSR count). The molecule has 0 saturated heterocycles. The topological polar surface area (TPSA) is 329 Å². The second-order valence-electron chi connectivity index (χ2n) is 14.6. The van der Waals surface area contributed by atoms with E-state index >= 15 is 0 Å². The molecule has 4 N–H and O–H groups in total. The largest absolute Gasteiger partial charge is 0.702 e. The van der Waals surface area contributed by atoms with Crippen LogP contribution in [-0.4, -0.2) is 220 Å². The fourth-order valence-electron chi connectivity index (χ4n) is 2.90. The molecule has 0 aromatic carbocycles. The Balaban J connectivity index is -0.000000121. The van der Waals surface area contributed by atoms with Gasteiger partial charge in [0.25, 0.3) is 40.7 Å². The van der Waals surface area contributed by atoms with Crippen molar-refractivity contribution in [1.29, 1.82) is 0 Å². The van der Waals surface area contributed by atoms with Crippen LogP contribution >= 0.6 is 0 Å². The maximum atomic E-state index is 10.5. The fourth-order valence-corrected chi connectivity index (χ4v) is 4.91. The lowest BCUT2D eigenvalue weighted by molar-refractivity contribution is -0.768. The summed E-state index contributed by atoms with van der Waals surface area (Å²) in [7, 11) is -1.91. The van der Waals surface area contributed by atoms with E-state index in [0.29, 0.717) is 68.9 Å². The summed E-state index contributed by atoms with van der Waals surface area (Å²) in [6, 6.07) is 0. The number of unbranched alkanes of at least 4 members (excludes halogenated alkanes) is 1. The minimum atomic E-state index is -4.30. The van der Waals surface area contributed by atoms with E-state index in [2.05, 4.69) is 33.9 Å². The fraction of sp³-hybridized carbons (Fsp3) is 0.763. The van der Waals surface area contributed by atoms with Gasteiger partial charge in [-0.3, -0.25) is 13.7 Å². The number of carbonyl (C=O) groups is 3. The van der Waals surface area contributed by atoms with Crippen LogP contribution in [0.4, 0.5) is 0 Å². The Labute approximate surface area is 391 Å². The van der Waals surface area contributed by atoms with Gasteiger partial charge in [-0.1, -0.05) is 19.7 Å². The van der Waals surface area contributed by atoms with Gasteiger partial charge in [-0.25, -0.2) is 18.3 Å². The Morgan fingerprint density at radius 1 is 0.523 bits per heavy atom. The van der Waals surface area contributed by atoms with Gasteiger partial charge in [0.15, 0.2) is 0 Å². The molecule has 0 aliphatic rings. The smallest absolute Gasteiger partial charge is 0.333 e. The first-order chi connectivity index (χ1) is 29.1. The van der Waals surface area contributed by atoms with Gasteiger partial charge in [-0.2, -0.15) is 33.7 Å². The van der Waals surface area contributed by atoms with E-state index in [4.69, 9.17) is 18.8 Å².